The van der Waals surface area contributed by atoms with Gasteiger partial charge in [0.15, 0.2) is 5.78 Å². The fraction of sp³-hybridized carbons (Fsp3) is 0.100. The molecule has 15 heavy (non-hydrogen) atoms. The van der Waals surface area contributed by atoms with Crippen molar-refractivity contribution in [1.82, 2.24) is 0 Å². The quantitative estimate of drug-likeness (QED) is 0.482. The number of hydrogen-bond donors (Lipinski definition) is 0. The summed E-state index contributed by atoms with van der Waals surface area (Å²) in [4.78, 5) is 20.8. The van der Waals surface area contributed by atoms with Crippen LogP contribution in [0.2, 0.25) is 0 Å². The van der Waals surface area contributed by atoms with E-state index in [1.165, 1.54) is 19.1 Å². The molecule has 5 heteroatoms. The predicted octanol–water partition coefficient (Wildman–Crippen LogP) is 2.92. The van der Waals surface area contributed by atoms with Gasteiger partial charge in [-0.15, -0.1) is 0 Å². The van der Waals surface area contributed by atoms with Gasteiger partial charge in [0, 0.05) is 12.1 Å². The number of nitro benzene ring substituents is 1. The Morgan fingerprint density at radius 3 is 2.33 bits per heavy atom. The molecule has 0 unspecified atom stereocenters. The average molecular weight is 270 g/mol. The van der Waals surface area contributed by atoms with E-state index in [9.17, 15) is 14.9 Å². The van der Waals surface area contributed by atoms with Gasteiger partial charge >= 0.3 is 0 Å². The second-order valence-electron chi connectivity index (χ2n) is 2.90. The molecule has 0 atom stereocenters. The lowest BCUT2D eigenvalue weighted by atomic mass is 10.2. The highest BCUT2D eigenvalue weighted by molar-refractivity contribution is 9.12. The van der Waals surface area contributed by atoms with Gasteiger partial charge in [-0.05, 0) is 46.6 Å². The third-order valence-electron chi connectivity index (χ3n) is 1.73. The summed E-state index contributed by atoms with van der Waals surface area (Å²) in [6.07, 6.45) is 1.62. The van der Waals surface area contributed by atoms with Crippen LogP contribution in [-0.2, 0) is 4.79 Å². The van der Waals surface area contributed by atoms with E-state index in [1.807, 2.05) is 0 Å². The summed E-state index contributed by atoms with van der Waals surface area (Å²) < 4.78 is 0.441. The van der Waals surface area contributed by atoms with Gasteiger partial charge in [-0.3, -0.25) is 14.9 Å². The number of ketones is 1. The van der Waals surface area contributed by atoms with E-state index in [1.54, 1.807) is 18.2 Å². The van der Waals surface area contributed by atoms with Crippen LogP contribution in [0.15, 0.2) is 28.7 Å². The summed E-state index contributed by atoms with van der Waals surface area (Å²) in [5, 5.41) is 10.4. The number of allylic oxidation sites excluding steroid dienone is 1. The largest absolute Gasteiger partial charge is 0.294 e. The van der Waals surface area contributed by atoms with Crippen LogP contribution >= 0.6 is 15.9 Å². The number of Topliss-reactive ketones (excluding diaryl/α,β-unsaturated/α-hetero) is 1. The first-order valence-corrected chi connectivity index (χ1v) is 4.92. The van der Waals surface area contributed by atoms with Gasteiger partial charge in [-0.25, -0.2) is 0 Å². The van der Waals surface area contributed by atoms with Crippen molar-refractivity contribution >= 4 is 33.5 Å². The van der Waals surface area contributed by atoms with E-state index in [-0.39, 0.29) is 11.5 Å². The Morgan fingerprint density at radius 1 is 1.40 bits per heavy atom. The van der Waals surface area contributed by atoms with Crippen LogP contribution in [0.1, 0.15) is 12.5 Å². The molecule has 78 valence electrons. The molecule has 0 aliphatic carbocycles. The van der Waals surface area contributed by atoms with Crippen molar-refractivity contribution in [2.75, 3.05) is 0 Å². The van der Waals surface area contributed by atoms with E-state index < -0.39 is 4.92 Å². The number of carbonyl (C=O) groups excluding carboxylic acids is 1. The van der Waals surface area contributed by atoms with Gasteiger partial charge in [0.25, 0.3) is 5.69 Å². The minimum atomic E-state index is -0.465. The molecular formula is C10H8BrNO3. The first kappa shape index (κ1) is 11.6. The van der Waals surface area contributed by atoms with Gasteiger partial charge in [-0.1, -0.05) is 0 Å². The molecule has 0 spiro atoms. The molecule has 1 rings (SSSR count). The Balaban J connectivity index is 2.95. The van der Waals surface area contributed by atoms with E-state index in [2.05, 4.69) is 15.9 Å². The summed E-state index contributed by atoms with van der Waals surface area (Å²) in [6.45, 7) is 1.44. The zero-order chi connectivity index (χ0) is 11.4. The normalized spacial score (nSPS) is 11.2. The van der Waals surface area contributed by atoms with Gasteiger partial charge in [0.05, 0.1) is 9.41 Å². The average Bonchev–Trinajstić information content (AvgIpc) is 2.18. The molecule has 1 aromatic carbocycles. The summed E-state index contributed by atoms with van der Waals surface area (Å²) in [5.41, 5.74) is 0.772. The Hall–Kier alpha value is -1.49. The van der Waals surface area contributed by atoms with Crippen molar-refractivity contribution in [2.45, 2.75) is 6.92 Å². The van der Waals surface area contributed by atoms with Crippen molar-refractivity contribution in [1.29, 1.82) is 0 Å². The number of rotatable bonds is 3. The SMILES string of the molecule is CC(=O)/C(Br)=C/c1ccc([N+](=O)[O-])cc1. The zero-order valence-corrected chi connectivity index (χ0v) is 9.52. The number of non-ortho nitro benzene ring substituents is 1. The molecule has 0 radical (unpaired) electrons. The van der Waals surface area contributed by atoms with Crippen molar-refractivity contribution in [3.05, 3.63) is 44.4 Å². The van der Waals surface area contributed by atoms with Crippen molar-refractivity contribution in [3.8, 4) is 0 Å². The topological polar surface area (TPSA) is 60.2 Å². The van der Waals surface area contributed by atoms with Crippen LogP contribution in [0, 0.1) is 10.1 Å². The molecule has 0 aromatic heterocycles. The van der Waals surface area contributed by atoms with Crippen LogP contribution in [0.5, 0.6) is 0 Å². The minimum absolute atomic E-state index is 0.0334. The number of hydrogen-bond acceptors (Lipinski definition) is 3. The van der Waals surface area contributed by atoms with E-state index >= 15 is 0 Å². The van der Waals surface area contributed by atoms with Crippen LogP contribution in [-0.4, -0.2) is 10.7 Å². The van der Waals surface area contributed by atoms with Crippen molar-refractivity contribution in [3.63, 3.8) is 0 Å². The first-order valence-electron chi connectivity index (χ1n) is 4.13. The van der Waals surface area contributed by atoms with Crippen molar-refractivity contribution < 1.29 is 9.72 Å². The molecule has 0 heterocycles. The van der Waals surface area contributed by atoms with E-state index in [0.717, 1.165) is 5.56 Å². The molecule has 0 amide bonds. The molecule has 0 aliphatic rings. The highest BCUT2D eigenvalue weighted by atomic mass is 79.9. The number of benzene rings is 1. The molecule has 0 aliphatic heterocycles. The van der Waals surface area contributed by atoms with Gasteiger partial charge in [0.1, 0.15) is 0 Å². The minimum Gasteiger partial charge on any atom is -0.294 e. The summed E-state index contributed by atoms with van der Waals surface area (Å²) in [7, 11) is 0. The molecule has 0 bridgehead atoms. The third-order valence-corrected chi connectivity index (χ3v) is 2.52. The molecule has 0 fully saturated rings. The lowest BCUT2D eigenvalue weighted by molar-refractivity contribution is -0.384. The highest BCUT2D eigenvalue weighted by Crippen LogP contribution is 2.16. The van der Waals surface area contributed by atoms with Crippen LogP contribution in [0.25, 0.3) is 6.08 Å². The van der Waals surface area contributed by atoms with E-state index in [4.69, 9.17) is 0 Å². The first-order chi connectivity index (χ1) is 7.00. The fourth-order valence-electron chi connectivity index (χ4n) is 0.940. The van der Waals surface area contributed by atoms with Gasteiger partial charge in [-0.2, -0.15) is 0 Å². The highest BCUT2D eigenvalue weighted by Gasteiger charge is 2.03. The van der Waals surface area contributed by atoms with Gasteiger partial charge < -0.3 is 0 Å². The number of halogens is 1. The standard InChI is InChI=1S/C10H8BrNO3/c1-7(13)10(11)6-8-2-4-9(5-3-8)12(14)15/h2-6H,1H3/b10-6-. The second-order valence-corrected chi connectivity index (χ2v) is 3.75. The molecule has 0 saturated carbocycles. The Kier molecular flexibility index (Phi) is 3.74. The molecule has 1 aromatic rings. The molecule has 0 saturated heterocycles. The summed E-state index contributed by atoms with van der Waals surface area (Å²) in [5.74, 6) is -0.0895. The summed E-state index contributed by atoms with van der Waals surface area (Å²) in [6, 6.07) is 5.96. The number of nitro groups is 1. The number of carbonyl (C=O) groups is 1. The molecule has 4 nitrogen and oxygen atoms in total. The Bertz CT molecular complexity index is 423. The lowest BCUT2D eigenvalue weighted by Crippen LogP contribution is -1.89. The Morgan fingerprint density at radius 2 is 1.93 bits per heavy atom. The van der Waals surface area contributed by atoms with Crippen LogP contribution < -0.4 is 0 Å². The molecular weight excluding hydrogens is 262 g/mol. The Labute approximate surface area is 94.9 Å². The van der Waals surface area contributed by atoms with Crippen molar-refractivity contribution in [2.24, 2.45) is 0 Å². The maximum absolute atomic E-state index is 10.9. The van der Waals surface area contributed by atoms with Crippen LogP contribution in [0.3, 0.4) is 0 Å². The van der Waals surface area contributed by atoms with E-state index in [0.29, 0.717) is 4.48 Å². The van der Waals surface area contributed by atoms with Gasteiger partial charge in [0.2, 0.25) is 0 Å². The zero-order valence-electron chi connectivity index (χ0n) is 7.94. The molecule has 0 N–H and O–H groups in total. The monoisotopic (exact) mass is 269 g/mol. The summed E-state index contributed by atoms with van der Waals surface area (Å²) >= 11 is 3.10. The third kappa shape index (κ3) is 3.28. The lowest BCUT2D eigenvalue weighted by Gasteiger charge is -1.95. The number of nitrogens with zero attached hydrogens (tertiary/aromatic N) is 1. The predicted molar refractivity (Wildman–Crippen MR) is 60.7 cm³/mol. The maximum Gasteiger partial charge on any atom is 0.269 e. The second kappa shape index (κ2) is 4.84. The smallest absolute Gasteiger partial charge is 0.269 e. The fourth-order valence-corrected chi connectivity index (χ4v) is 1.20. The maximum atomic E-state index is 10.9. The van der Waals surface area contributed by atoms with Crippen LogP contribution in [0.4, 0.5) is 5.69 Å².